The summed E-state index contributed by atoms with van der Waals surface area (Å²) in [4.78, 5) is 3.67. The van der Waals surface area contributed by atoms with Crippen LogP contribution < -0.4 is 10.1 Å². The number of hydrogen-bond acceptors (Lipinski definition) is 3. The molecule has 0 saturated heterocycles. The van der Waals surface area contributed by atoms with Crippen LogP contribution in [0.5, 0.6) is 11.5 Å². The standard InChI is InChI=1S/C22H25IN2O2/c1-13(10-14-6-9-20(26)21(11-14)27-2)24-19-5-3-4-16-17-12-15(23)7-8-18(17)25-22(16)19/h6-9,11-13,19,24-26H,3-5,10H2,1-2H3. The first kappa shape index (κ1) is 18.6. The number of fused-ring (bicyclic) bond motifs is 3. The van der Waals surface area contributed by atoms with Crippen LogP contribution in [0.2, 0.25) is 0 Å². The maximum absolute atomic E-state index is 9.78. The van der Waals surface area contributed by atoms with Gasteiger partial charge in [-0.2, -0.15) is 0 Å². The molecule has 0 spiro atoms. The third kappa shape index (κ3) is 3.80. The van der Waals surface area contributed by atoms with Gasteiger partial charge in [0.25, 0.3) is 0 Å². The largest absolute Gasteiger partial charge is 0.504 e. The molecule has 1 aliphatic rings. The Balaban J connectivity index is 1.53. The van der Waals surface area contributed by atoms with E-state index in [4.69, 9.17) is 4.74 Å². The first-order chi connectivity index (χ1) is 13.0. The molecular formula is C22H25IN2O2. The number of rotatable bonds is 5. The van der Waals surface area contributed by atoms with Crippen molar-refractivity contribution in [1.82, 2.24) is 10.3 Å². The minimum absolute atomic E-state index is 0.187. The van der Waals surface area contributed by atoms with E-state index in [-0.39, 0.29) is 5.75 Å². The topological polar surface area (TPSA) is 57.3 Å². The van der Waals surface area contributed by atoms with Crippen LogP contribution >= 0.6 is 22.6 Å². The molecule has 4 nitrogen and oxygen atoms in total. The molecule has 2 atom stereocenters. The van der Waals surface area contributed by atoms with Crippen molar-refractivity contribution >= 4 is 33.5 Å². The van der Waals surface area contributed by atoms with E-state index in [2.05, 4.69) is 58.0 Å². The Kier molecular flexibility index (Phi) is 5.32. The minimum atomic E-state index is 0.187. The highest BCUT2D eigenvalue weighted by Gasteiger charge is 2.25. The molecule has 0 aliphatic heterocycles. The van der Waals surface area contributed by atoms with Gasteiger partial charge in [-0.3, -0.25) is 0 Å². The second kappa shape index (κ2) is 7.72. The number of ether oxygens (including phenoxy) is 1. The lowest BCUT2D eigenvalue weighted by atomic mass is 9.91. The van der Waals surface area contributed by atoms with Crippen molar-refractivity contribution in [1.29, 1.82) is 0 Å². The van der Waals surface area contributed by atoms with Crippen LogP contribution in [0.4, 0.5) is 0 Å². The van der Waals surface area contributed by atoms with E-state index in [9.17, 15) is 5.11 Å². The van der Waals surface area contributed by atoms with Gasteiger partial charge in [-0.1, -0.05) is 6.07 Å². The maximum atomic E-state index is 9.78. The molecule has 1 aliphatic carbocycles. The first-order valence-electron chi connectivity index (χ1n) is 9.47. The number of aryl methyl sites for hydroxylation is 1. The summed E-state index contributed by atoms with van der Waals surface area (Å²) in [6.45, 7) is 2.22. The lowest BCUT2D eigenvalue weighted by Crippen LogP contribution is -2.34. The van der Waals surface area contributed by atoms with Gasteiger partial charge in [0.2, 0.25) is 0 Å². The van der Waals surface area contributed by atoms with Crippen molar-refractivity contribution in [2.24, 2.45) is 0 Å². The highest BCUT2D eigenvalue weighted by molar-refractivity contribution is 14.1. The zero-order valence-corrected chi connectivity index (χ0v) is 17.8. The normalized spacial score (nSPS) is 17.7. The highest BCUT2D eigenvalue weighted by atomic mass is 127. The Labute approximate surface area is 173 Å². The molecule has 0 amide bonds. The second-order valence-electron chi connectivity index (χ2n) is 7.43. The molecule has 0 bridgehead atoms. The number of methoxy groups -OCH3 is 1. The van der Waals surface area contributed by atoms with Crippen LogP contribution in [0, 0.1) is 3.57 Å². The summed E-state index contributed by atoms with van der Waals surface area (Å²) in [7, 11) is 1.58. The number of aromatic amines is 1. The molecular weight excluding hydrogens is 451 g/mol. The Hall–Kier alpha value is -1.73. The molecule has 3 N–H and O–H groups in total. The molecule has 142 valence electrons. The molecule has 1 aromatic heterocycles. The van der Waals surface area contributed by atoms with Crippen molar-refractivity contribution in [3.63, 3.8) is 0 Å². The van der Waals surface area contributed by atoms with Crippen LogP contribution in [-0.4, -0.2) is 23.2 Å². The number of nitrogens with one attached hydrogen (secondary N) is 2. The Morgan fingerprint density at radius 2 is 2.15 bits per heavy atom. The van der Waals surface area contributed by atoms with Gasteiger partial charge in [-0.05, 0) is 96.7 Å². The fourth-order valence-corrected chi connectivity index (χ4v) is 4.70. The summed E-state index contributed by atoms with van der Waals surface area (Å²) < 4.78 is 6.51. The fraction of sp³-hybridized carbons (Fsp3) is 0.364. The predicted octanol–water partition coefficient (Wildman–Crippen LogP) is 5.08. The average Bonchev–Trinajstić information content (AvgIpc) is 3.02. The highest BCUT2D eigenvalue weighted by Crippen LogP contribution is 2.36. The zero-order valence-electron chi connectivity index (χ0n) is 15.7. The van der Waals surface area contributed by atoms with E-state index >= 15 is 0 Å². The third-order valence-electron chi connectivity index (χ3n) is 5.44. The maximum Gasteiger partial charge on any atom is 0.160 e. The summed E-state index contributed by atoms with van der Waals surface area (Å²) in [6.07, 6.45) is 4.40. The molecule has 1 heterocycles. The van der Waals surface area contributed by atoms with Crippen LogP contribution in [0.25, 0.3) is 10.9 Å². The van der Waals surface area contributed by atoms with Crippen molar-refractivity contribution in [3.05, 3.63) is 56.8 Å². The van der Waals surface area contributed by atoms with Gasteiger partial charge in [-0.15, -0.1) is 0 Å². The van der Waals surface area contributed by atoms with E-state index in [1.54, 1.807) is 13.2 Å². The summed E-state index contributed by atoms with van der Waals surface area (Å²) in [5, 5.41) is 15.0. The summed E-state index contributed by atoms with van der Waals surface area (Å²) in [6, 6.07) is 12.9. The monoisotopic (exact) mass is 476 g/mol. The fourth-order valence-electron chi connectivity index (χ4n) is 4.21. The molecule has 27 heavy (non-hydrogen) atoms. The van der Waals surface area contributed by atoms with Crippen LogP contribution in [0.1, 0.15) is 42.6 Å². The Bertz CT molecular complexity index is 966. The van der Waals surface area contributed by atoms with E-state index in [1.807, 2.05) is 12.1 Å². The molecule has 4 rings (SSSR count). The molecule has 3 aromatic rings. The number of H-pyrrole nitrogens is 1. The van der Waals surface area contributed by atoms with Gasteiger partial charge < -0.3 is 20.1 Å². The van der Waals surface area contributed by atoms with E-state index in [1.165, 1.54) is 32.2 Å². The lowest BCUT2D eigenvalue weighted by molar-refractivity contribution is 0.371. The van der Waals surface area contributed by atoms with E-state index < -0.39 is 0 Å². The van der Waals surface area contributed by atoms with E-state index in [0.717, 1.165) is 24.8 Å². The van der Waals surface area contributed by atoms with Crippen molar-refractivity contribution in [2.75, 3.05) is 7.11 Å². The molecule has 0 saturated carbocycles. The Morgan fingerprint density at radius 3 is 2.96 bits per heavy atom. The molecule has 2 unspecified atom stereocenters. The third-order valence-corrected chi connectivity index (χ3v) is 6.11. The van der Waals surface area contributed by atoms with E-state index in [0.29, 0.717) is 17.8 Å². The first-order valence-corrected chi connectivity index (χ1v) is 10.5. The average molecular weight is 476 g/mol. The molecule has 0 fully saturated rings. The molecule has 0 radical (unpaired) electrons. The Morgan fingerprint density at radius 1 is 1.30 bits per heavy atom. The van der Waals surface area contributed by atoms with Gasteiger partial charge in [0.05, 0.1) is 7.11 Å². The van der Waals surface area contributed by atoms with Crippen LogP contribution in [0.15, 0.2) is 36.4 Å². The predicted molar refractivity (Wildman–Crippen MR) is 118 cm³/mol. The SMILES string of the molecule is COc1cc(CC(C)NC2CCCc3c2[nH]c2ccc(I)cc32)ccc1O. The minimum Gasteiger partial charge on any atom is -0.504 e. The van der Waals surface area contributed by atoms with Crippen molar-refractivity contribution < 1.29 is 9.84 Å². The second-order valence-corrected chi connectivity index (χ2v) is 8.68. The summed E-state index contributed by atoms with van der Waals surface area (Å²) in [5.41, 5.74) is 5.23. The van der Waals surface area contributed by atoms with Gasteiger partial charge in [0.1, 0.15) is 0 Å². The summed E-state index contributed by atoms with van der Waals surface area (Å²) >= 11 is 2.39. The number of phenols is 1. The lowest BCUT2D eigenvalue weighted by Gasteiger charge is -2.27. The summed E-state index contributed by atoms with van der Waals surface area (Å²) in [5.74, 6) is 0.719. The smallest absolute Gasteiger partial charge is 0.160 e. The van der Waals surface area contributed by atoms with Gasteiger partial charge >= 0.3 is 0 Å². The number of phenolic OH excluding ortho intramolecular Hbond substituents is 1. The quantitative estimate of drug-likeness (QED) is 0.450. The zero-order chi connectivity index (χ0) is 19.0. The number of aromatic nitrogens is 1. The van der Waals surface area contributed by atoms with Crippen molar-refractivity contribution in [2.45, 2.75) is 44.7 Å². The van der Waals surface area contributed by atoms with Gasteiger partial charge in [0.15, 0.2) is 11.5 Å². The van der Waals surface area contributed by atoms with Gasteiger partial charge in [-0.25, -0.2) is 0 Å². The number of halogens is 1. The number of hydrogen-bond donors (Lipinski definition) is 3. The number of aromatic hydroxyl groups is 1. The van der Waals surface area contributed by atoms with Crippen LogP contribution in [0.3, 0.4) is 0 Å². The van der Waals surface area contributed by atoms with Crippen LogP contribution in [-0.2, 0) is 12.8 Å². The number of benzene rings is 2. The van der Waals surface area contributed by atoms with Gasteiger partial charge in [0, 0.05) is 32.3 Å². The molecule has 2 aromatic carbocycles. The van der Waals surface area contributed by atoms with Crippen molar-refractivity contribution in [3.8, 4) is 11.5 Å². The molecule has 5 heteroatoms.